The van der Waals surface area contributed by atoms with Gasteiger partial charge in [0.05, 0.1) is 17.3 Å². The Morgan fingerprint density at radius 3 is 2.43 bits per heavy atom. The zero-order chi connectivity index (χ0) is 25.7. The van der Waals surface area contributed by atoms with Crippen LogP contribution in [0.15, 0.2) is 24.3 Å². The van der Waals surface area contributed by atoms with Crippen molar-refractivity contribution in [3.05, 3.63) is 51.0 Å². The number of rotatable bonds is 3. The van der Waals surface area contributed by atoms with Crippen molar-refractivity contribution in [1.82, 2.24) is 19.7 Å². The first-order chi connectivity index (χ1) is 17.9. The van der Waals surface area contributed by atoms with Gasteiger partial charge in [0, 0.05) is 36.6 Å². The molecule has 2 unspecified atom stereocenters. The van der Waals surface area contributed by atoms with Gasteiger partial charge in [-0.3, -0.25) is 4.79 Å². The molecule has 4 aliphatic heterocycles. The summed E-state index contributed by atoms with van der Waals surface area (Å²) in [5.74, 6) is 0.127. The van der Waals surface area contributed by atoms with Gasteiger partial charge in [-0.2, -0.15) is 0 Å². The highest BCUT2D eigenvalue weighted by molar-refractivity contribution is 7.13. The van der Waals surface area contributed by atoms with Crippen LogP contribution in [0.4, 0.5) is 4.79 Å². The van der Waals surface area contributed by atoms with E-state index in [9.17, 15) is 9.59 Å². The monoisotopic (exact) mass is 522 g/mol. The SMILES string of the molecule is CCOC(=O)N1C2CCC1CC(N1CCC3(CC1)CN(C(=O)c1sc(C)nc1C)Cc1ccccc13)C2. The molecule has 37 heavy (non-hydrogen) atoms. The topological polar surface area (TPSA) is 66.0 Å². The Kier molecular flexibility index (Phi) is 6.51. The normalized spacial score (nSPS) is 26.8. The van der Waals surface area contributed by atoms with E-state index in [1.807, 2.05) is 25.7 Å². The van der Waals surface area contributed by atoms with Crippen molar-refractivity contribution in [2.45, 2.75) is 89.4 Å². The number of aryl methyl sites for hydroxylation is 2. The third-order valence-electron chi connectivity index (χ3n) is 9.29. The Morgan fingerprint density at radius 2 is 1.78 bits per heavy atom. The number of ether oxygens (including phenoxy) is 1. The molecule has 0 radical (unpaired) electrons. The van der Waals surface area contributed by atoms with Crippen LogP contribution in [-0.4, -0.2) is 76.1 Å². The molecule has 0 aliphatic carbocycles. The van der Waals surface area contributed by atoms with Crippen LogP contribution in [0.3, 0.4) is 0 Å². The number of carbonyl (C=O) groups excluding carboxylic acids is 2. The fourth-order valence-corrected chi connectivity index (χ4v) is 8.48. The van der Waals surface area contributed by atoms with Crippen LogP contribution < -0.4 is 0 Å². The van der Waals surface area contributed by atoms with Gasteiger partial charge in [0.2, 0.25) is 0 Å². The lowest BCUT2D eigenvalue weighted by atomic mass is 9.68. The molecule has 1 aromatic carbocycles. The second kappa shape index (κ2) is 9.70. The maximum atomic E-state index is 13.6. The third kappa shape index (κ3) is 4.36. The summed E-state index contributed by atoms with van der Waals surface area (Å²) in [7, 11) is 0. The molecule has 2 atom stereocenters. The summed E-state index contributed by atoms with van der Waals surface area (Å²) in [5.41, 5.74) is 3.57. The zero-order valence-corrected chi connectivity index (χ0v) is 23.1. The van der Waals surface area contributed by atoms with E-state index in [4.69, 9.17) is 4.74 Å². The Hall–Kier alpha value is -2.45. The number of carbonyl (C=O) groups is 2. The summed E-state index contributed by atoms with van der Waals surface area (Å²) in [5, 5.41) is 0.948. The molecule has 1 spiro atoms. The Morgan fingerprint density at radius 1 is 1.08 bits per heavy atom. The lowest BCUT2D eigenvalue weighted by Crippen LogP contribution is -2.57. The Labute approximate surface area is 223 Å². The number of hydrogen-bond acceptors (Lipinski definition) is 6. The first-order valence-corrected chi connectivity index (χ1v) is 14.7. The summed E-state index contributed by atoms with van der Waals surface area (Å²) in [6, 6.07) is 9.92. The highest BCUT2D eigenvalue weighted by Crippen LogP contribution is 2.45. The standard InChI is InChI=1S/C29H38N4O3S/c1-4-36-28(35)33-22-9-10-23(33)16-24(15-22)31-13-11-29(12-14-31)18-32(17-21-7-5-6-8-25(21)29)27(34)26-19(2)30-20(3)37-26/h5-8,22-24H,4,9-18H2,1-3H3. The molecule has 3 saturated heterocycles. The van der Waals surface area contributed by atoms with Crippen molar-refractivity contribution < 1.29 is 14.3 Å². The van der Waals surface area contributed by atoms with Crippen molar-refractivity contribution in [3.63, 3.8) is 0 Å². The molecule has 2 amide bonds. The molecule has 2 aromatic rings. The average Bonchev–Trinajstić information content (AvgIpc) is 3.37. The second-order valence-corrected chi connectivity index (χ2v) is 12.6. The average molecular weight is 523 g/mol. The second-order valence-electron chi connectivity index (χ2n) is 11.4. The van der Waals surface area contributed by atoms with Crippen molar-refractivity contribution >= 4 is 23.3 Å². The van der Waals surface area contributed by atoms with E-state index in [0.717, 1.165) is 73.7 Å². The predicted molar refractivity (Wildman–Crippen MR) is 144 cm³/mol. The van der Waals surface area contributed by atoms with Crippen LogP contribution in [0.2, 0.25) is 0 Å². The van der Waals surface area contributed by atoms with Gasteiger partial charge in [-0.1, -0.05) is 24.3 Å². The minimum Gasteiger partial charge on any atom is -0.450 e. The van der Waals surface area contributed by atoms with Gasteiger partial charge in [-0.25, -0.2) is 9.78 Å². The number of thiazole rings is 1. The fraction of sp³-hybridized carbons (Fsp3) is 0.621. The summed E-state index contributed by atoms with van der Waals surface area (Å²) in [4.78, 5) is 38.3. The lowest BCUT2D eigenvalue weighted by molar-refractivity contribution is 0.0192. The number of amides is 2. The van der Waals surface area contributed by atoms with Gasteiger partial charge in [0.25, 0.3) is 5.91 Å². The molecule has 8 heteroatoms. The van der Waals surface area contributed by atoms with Gasteiger partial charge in [0.15, 0.2) is 0 Å². The van der Waals surface area contributed by atoms with E-state index < -0.39 is 0 Å². The molecule has 7 nitrogen and oxygen atoms in total. The smallest absolute Gasteiger partial charge is 0.410 e. The minimum absolute atomic E-state index is 0.000737. The number of hydrogen-bond donors (Lipinski definition) is 0. The van der Waals surface area contributed by atoms with E-state index in [1.54, 1.807) is 0 Å². The van der Waals surface area contributed by atoms with Gasteiger partial charge in [-0.05, 0) is 83.5 Å². The van der Waals surface area contributed by atoms with Crippen molar-refractivity contribution in [1.29, 1.82) is 0 Å². The van der Waals surface area contributed by atoms with Crippen LogP contribution in [0, 0.1) is 13.8 Å². The molecule has 5 heterocycles. The van der Waals surface area contributed by atoms with Crippen LogP contribution in [0.1, 0.15) is 76.9 Å². The number of nitrogens with zero attached hydrogens (tertiary/aromatic N) is 4. The largest absolute Gasteiger partial charge is 0.450 e. The minimum atomic E-state index is -0.124. The molecular weight excluding hydrogens is 484 g/mol. The maximum Gasteiger partial charge on any atom is 0.410 e. The molecule has 2 bridgehead atoms. The molecule has 6 rings (SSSR count). The highest BCUT2D eigenvalue weighted by Gasteiger charge is 2.48. The van der Waals surface area contributed by atoms with Crippen LogP contribution >= 0.6 is 11.3 Å². The van der Waals surface area contributed by atoms with E-state index in [-0.39, 0.29) is 17.4 Å². The summed E-state index contributed by atoms with van der Waals surface area (Å²) >= 11 is 1.52. The number of fused-ring (bicyclic) bond motifs is 4. The molecule has 0 N–H and O–H groups in total. The Bertz CT molecular complexity index is 1170. The maximum absolute atomic E-state index is 13.6. The molecule has 1 aromatic heterocycles. The van der Waals surface area contributed by atoms with Crippen molar-refractivity contribution in [2.24, 2.45) is 0 Å². The van der Waals surface area contributed by atoms with Crippen LogP contribution in [-0.2, 0) is 16.7 Å². The van der Waals surface area contributed by atoms with Crippen LogP contribution in [0.25, 0.3) is 0 Å². The first kappa shape index (κ1) is 24.9. The summed E-state index contributed by atoms with van der Waals surface area (Å²) in [6.07, 6.45) is 6.28. The van der Waals surface area contributed by atoms with Crippen molar-refractivity contribution in [2.75, 3.05) is 26.2 Å². The third-order valence-corrected chi connectivity index (χ3v) is 10.3. The highest BCUT2D eigenvalue weighted by atomic mass is 32.1. The molecule has 4 aliphatic rings. The van der Waals surface area contributed by atoms with Crippen LogP contribution in [0.5, 0.6) is 0 Å². The van der Waals surface area contributed by atoms with Crippen molar-refractivity contribution in [3.8, 4) is 0 Å². The summed E-state index contributed by atoms with van der Waals surface area (Å²) in [6.45, 7) is 9.77. The number of aromatic nitrogens is 1. The number of piperidine rings is 2. The number of benzene rings is 1. The van der Waals surface area contributed by atoms with Gasteiger partial charge in [0.1, 0.15) is 4.88 Å². The quantitative estimate of drug-likeness (QED) is 0.574. The predicted octanol–water partition coefficient (Wildman–Crippen LogP) is 4.90. The number of likely N-dealkylation sites (tertiary alicyclic amines) is 1. The fourth-order valence-electron chi connectivity index (χ4n) is 7.59. The van der Waals surface area contributed by atoms with E-state index in [1.165, 1.54) is 22.5 Å². The van der Waals surface area contributed by atoms with E-state index >= 15 is 0 Å². The lowest BCUT2D eigenvalue weighted by Gasteiger charge is -2.51. The summed E-state index contributed by atoms with van der Waals surface area (Å²) < 4.78 is 5.36. The molecular formula is C29H38N4O3S. The zero-order valence-electron chi connectivity index (χ0n) is 22.2. The van der Waals surface area contributed by atoms with Gasteiger partial charge >= 0.3 is 6.09 Å². The van der Waals surface area contributed by atoms with E-state index in [2.05, 4.69) is 39.0 Å². The van der Waals surface area contributed by atoms with E-state index in [0.29, 0.717) is 31.3 Å². The molecule has 3 fully saturated rings. The first-order valence-electron chi connectivity index (χ1n) is 13.9. The van der Waals surface area contributed by atoms with Gasteiger partial charge < -0.3 is 19.4 Å². The molecule has 198 valence electrons. The molecule has 0 saturated carbocycles. The Balaban J connectivity index is 1.18. The van der Waals surface area contributed by atoms with Gasteiger partial charge in [-0.15, -0.1) is 11.3 Å².